The molecule has 12 atom stereocenters. The standard InChI is InChI=1S/C53H58N6O16/c54-39-11-10-31(59-39)42(63)36(23-60)71-30-8-6-25(7-9-30)33-19-32(62)41-34(72-33)20-35(44(43(41)64)74-47(67)26-3-1-5-29(61)17-26)73-49-52(69)21-37-50(28-13-16-57-40(55)18-28)14-2-4-27(50)12-15-51(37,38-22-56-24-58-38)53(70,48(52)68)45(75-49)46(65)66/h1,3,5-11,13,17-21,27,36,38,42,45,47-49,56-61,63-64,67-70H,2,4,12,14-16,22-24,54-55H2,(H,65,66)/t27-,36-,38+,42+,45+,47-,48-,49+,50+,51-,52+,53+/m0/s1. The van der Waals surface area contributed by atoms with Crippen LogP contribution in [0.3, 0.4) is 0 Å². The zero-order valence-electron chi connectivity index (χ0n) is 40.2. The van der Waals surface area contributed by atoms with Gasteiger partial charge in [-0.25, -0.2) is 4.79 Å². The van der Waals surface area contributed by atoms with Crippen molar-refractivity contribution in [1.82, 2.24) is 20.9 Å². The van der Waals surface area contributed by atoms with Gasteiger partial charge in [0, 0.05) is 65.6 Å². The van der Waals surface area contributed by atoms with Crippen LogP contribution in [0.4, 0.5) is 5.82 Å². The Morgan fingerprint density at radius 2 is 1.77 bits per heavy atom. The van der Waals surface area contributed by atoms with Crippen LogP contribution in [0.2, 0.25) is 0 Å². The molecule has 22 heteroatoms. The lowest BCUT2D eigenvalue weighted by atomic mass is 9.41. The smallest absolute Gasteiger partial charge is 0.336 e. The number of ether oxygens (including phenoxy) is 4. The average molecular weight is 1040 g/mol. The minimum atomic E-state index is -2.77. The molecule has 22 nitrogen and oxygen atoms in total. The topological polar surface area (TPSA) is 370 Å². The Kier molecular flexibility index (Phi) is 12.4. The summed E-state index contributed by atoms with van der Waals surface area (Å²) in [6, 6.07) is 16.0. The van der Waals surface area contributed by atoms with Crippen molar-refractivity contribution in [3.8, 4) is 40.1 Å². The van der Waals surface area contributed by atoms with Crippen LogP contribution in [0.15, 0.2) is 117 Å². The normalized spacial score (nSPS) is 31.2. The van der Waals surface area contributed by atoms with Crippen LogP contribution in [-0.4, -0.2) is 125 Å². The largest absolute Gasteiger partial charge is 0.508 e. The minimum Gasteiger partial charge on any atom is -0.508 e. The zero-order valence-corrected chi connectivity index (χ0v) is 40.2. The number of aromatic hydroxyl groups is 2. The predicted molar refractivity (Wildman–Crippen MR) is 265 cm³/mol. The second kappa shape index (κ2) is 18.6. The number of nitrogens with one attached hydrogen (secondary N) is 4. The van der Waals surface area contributed by atoms with Crippen LogP contribution < -0.4 is 47.1 Å². The number of nitrogens with two attached hydrogens (primary N) is 2. The summed E-state index contributed by atoms with van der Waals surface area (Å²) in [6.45, 7) is 0.378. The van der Waals surface area contributed by atoms with Gasteiger partial charge in [-0.2, -0.15) is 0 Å². The number of aliphatic carboxylic acids is 1. The third-order valence-corrected chi connectivity index (χ3v) is 16.3. The number of aliphatic hydroxyl groups excluding tert-OH is 4. The van der Waals surface area contributed by atoms with E-state index in [4.69, 9.17) is 34.8 Å². The molecule has 0 spiro atoms. The van der Waals surface area contributed by atoms with E-state index in [0.29, 0.717) is 54.5 Å². The molecule has 75 heavy (non-hydrogen) atoms. The first-order chi connectivity index (χ1) is 35.9. The van der Waals surface area contributed by atoms with E-state index in [0.717, 1.165) is 30.5 Å². The maximum atomic E-state index is 14.1. The fourth-order valence-corrected chi connectivity index (χ4v) is 12.9. The van der Waals surface area contributed by atoms with Crippen molar-refractivity contribution < 1.29 is 74.1 Å². The van der Waals surface area contributed by atoms with Gasteiger partial charge in [0.15, 0.2) is 34.7 Å². The predicted octanol–water partition coefficient (Wildman–Crippen LogP) is 1.69. The summed E-state index contributed by atoms with van der Waals surface area (Å²) in [5, 5.41) is 115. The molecule has 17 N–H and O–H groups in total. The highest BCUT2D eigenvalue weighted by atomic mass is 16.7. The number of carboxylic acid groups (broad SMARTS) is 1. The number of phenolic OH excluding ortho intramolecular Hbond substituents is 2. The second-order valence-corrected chi connectivity index (χ2v) is 20.2. The molecule has 0 unspecified atom stereocenters. The molecule has 0 amide bonds. The van der Waals surface area contributed by atoms with Crippen LogP contribution in [0, 0.1) is 16.7 Å². The van der Waals surface area contributed by atoms with Gasteiger partial charge in [-0.1, -0.05) is 24.6 Å². The first kappa shape index (κ1) is 50.1. The van der Waals surface area contributed by atoms with Gasteiger partial charge in [0.2, 0.25) is 18.3 Å². The van der Waals surface area contributed by atoms with E-state index < -0.39 is 106 Å². The molecule has 2 aromatic heterocycles. The molecule has 0 radical (unpaired) electrons. The van der Waals surface area contributed by atoms with Crippen molar-refractivity contribution in [1.29, 1.82) is 0 Å². The molecule has 2 saturated carbocycles. The van der Waals surface area contributed by atoms with Crippen LogP contribution in [0.5, 0.6) is 28.7 Å². The molecular weight excluding hydrogens is 977 g/mol. The number of rotatable bonds is 14. The Morgan fingerprint density at radius 1 is 0.973 bits per heavy atom. The lowest BCUT2D eigenvalue weighted by molar-refractivity contribution is -0.362. The molecule has 5 heterocycles. The molecule has 3 aliphatic heterocycles. The third-order valence-electron chi connectivity index (χ3n) is 16.3. The highest BCUT2D eigenvalue weighted by Crippen LogP contribution is 2.72. The van der Waals surface area contributed by atoms with E-state index in [9.17, 15) is 55.5 Å². The summed E-state index contributed by atoms with van der Waals surface area (Å²) in [4.78, 5) is 30.7. The molecule has 396 valence electrons. The number of fused-ring (bicyclic) bond motifs is 7. The Balaban J connectivity index is 1.04. The highest BCUT2D eigenvalue weighted by Gasteiger charge is 2.80. The summed E-state index contributed by atoms with van der Waals surface area (Å²) < 4.78 is 30.8. The number of benzene rings is 3. The van der Waals surface area contributed by atoms with Crippen LogP contribution in [0.1, 0.15) is 55.8 Å². The summed E-state index contributed by atoms with van der Waals surface area (Å²) >= 11 is 0. The molecule has 5 aromatic rings. The second-order valence-electron chi connectivity index (χ2n) is 20.2. The fourth-order valence-electron chi connectivity index (χ4n) is 12.9. The number of hydrogen-bond acceptors (Lipinski definition) is 20. The quantitative estimate of drug-likeness (QED) is 0.0556. The number of H-pyrrole nitrogens is 1. The van der Waals surface area contributed by atoms with Crippen LogP contribution >= 0.6 is 0 Å². The summed E-state index contributed by atoms with van der Waals surface area (Å²) in [5.41, 5.74) is 4.94. The molecule has 11 rings (SSSR count). The Morgan fingerprint density at radius 3 is 2.47 bits per heavy atom. The molecule has 3 aromatic carbocycles. The SMILES string of the molecule is NC1=CC([C@@]23CCC[C@H]2CC[C@@]2([C@H]4CNCN4)C3=C[C@]3(O)[C@H](Oc4cc5oc(-c6ccc(O[C@@H](CO)[C@H](O)c7ccc(N)[nH]7)cc6)cc(=O)c5c(O)c4O[C@H](O)c4cccc(O)c4)O[C@H](C(=O)O)[C@@]2(O)[C@H]3O)=CCN1. The third kappa shape index (κ3) is 7.81. The molecule has 3 aliphatic carbocycles. The van der Waals surface area contributed by atoms with E-state index >= 15 is 0 Å². The van der Waals surface area contributed by atoms with Gasteiger partial charge >= 0.3 is 5.97 Å². The summed E-state index contributed by atoms with van der Waals surface area (Å²) in [6.07, 6.45) is -3.16. The van der Waals surface area contributed by atoms with E-state index in [-0.39, 0.29) is 47.3 Å². The average Bonchev–Trinajstić information content (AvgIpc) is 4.22. The van der Waals surface area contributed by atoms with Crippen molar-refractivity contribution in [2.24, 2.45) is 22.5 Å². The van der Waals surface area contributed by atoms with Crippen molar-refractivity contribution in [2.75, 3.05) is 32.1 Å². The number of anilines is 1. The number of allylic oxidation sites excluding steroid dienone is 2. The van der Waals surface area contributed by atoms with E-state index in [1.807, 2.05) is 12.2 Å². The summed E-state index contributed by atoms with van der Waals surface area (Å²) in [7, 11) is 0. The highest BCUT2D eigenvalue weighted by molar-refractivity contribution is 5.89. The lowest BCUT2D eigenvalue weighted by Crippen LogP contribution is -2.84. The maximum absolute atomic E-state index is 14.1. The van der Waals surface area contributed by atoms with Gasteiger partial charge < -0.3 is 96.4 Å². The number of carboxylic acids is 1. The van der Waals surface area contributed by atoms with Gasteiger partial charge in [0.1, 0.15) is 51.9 Å². The van der Waals surface area contributed by atoms with E-state index in [1.54, 1.807) is 12.1 Å². The van der Waals surface area contributed by atoms with Crippen molar-refractivity contribution in [3.05, 3.63) is 129 Å². The first-order valence-electron chi connectivity index (χ1n) is 24.7. The number of dihydropyridines is 1. The number of aliphatic hydroxyl groups is 6. The van der Waals surface area contributed by atoms with Crippen LogP contribution in [-0.2, 0) is 9.53 Å². The molecule has 2 bridgehead atoms. The van der Waals surface area contributed by atoms with E-state index in [2.05, 4.69) is 20.9 Å². The Bertz CT molecular complexity index is 3210. The van der Waals surface area contributed by atoms with Crippen molar-refractivity contribution >= 4 is 22.8 Å². The van der Waals surface area contributed by atoms with Crippen molar-refractivity contribution in [3.63, 3.8) is 0 Å². The van der Waals surface area contributed by atoms with Gasteiger partial charge in [-0.05, 0) is 103 Å². The van der Waals surface area contributed by atoms with E-state index in [1.165, 1.54) is 54.6 Å². The Hall–Kier alpha value is -7.12. The first-order valence-corrected chi connectivity index (χ1v) is 24.7. The molecule has 4 fully saturated rings. The number of carbonyl (C=O) groups is 1. The Labute approximate surface area is 427 Å². The fraction of sp³-hybridized carbons (Fsp3) is 0.396. The minimum absolute atomic E-state index is 0.0120. The molecule has 2 saturated heterocycles. The van der Waals surface area contributed by atoms with Gasteiger partial charge in [-0.3, -0.25) is 10.1 Å². The zero-order chi connectivity index (χ0) is 52.8. The maximum Gasteiger partial charge on any atom is 0.336 e. The van der Waals surface area contributed by atoms with Crippen LogP contribution in [0.25, 0.3) is 22.3 Å². The number of phenols is 2. The number of hydrogen-bond donors (Lipinski definition) is 15. The van der Waals surface area contributed by atoms with Gasteiger partial charge in [0.05, 0.1) is 12.4 Å². The lowest BCUT2D eigenvalue weighted by Gasteiger charge is -2.68. The monoisotopic (exact) mass is 1030 g/mol. The number of aromatic amines is 1. The summed E-state index contributed by atoms with van der Waals surface area (Å²) in [5.74, 6) is -3.35. The molecule has 6 aliphatic rings. The van der Waals surface area contributed by atoms with Crippen molar-refractivity contribution in [2.45, 2.75) is 86.3 Å². The number of nitrogen functional groups attached to an aromatic ring is 1. The number of aromatic nitrogens is 1. The van der Waals surface area contributed by atoms with Gasteiger partial charge in [-0.15, -0.1) is 0 Å². The van der Waals surface area contributed by atoms with Gasteiger partial charge in [0.25, 0.3) is 0 Å². The molecular formula is C53H58N6O16.